The summed E-state index contributed by atoms with van der Waals surface area (Å²) < 4.78 is 5.09. The van der Waals surface area contributed by atoms with Crippen molar-refractivity contribution in [2.24, 2.45) is 0 Å². The van der Waals surface area contributed by atoms with Crippen molar-refractivity contribution >= 4 is 11.6 Å². The maximum absolute atomic E-state index is 12.0. The molecular weight excluding hydrogens is 240 g/mol. The Morgan fingerprint density at radius 2 is 1.74 bits per heavy atom. The van der Waals surface area contributed by atoms with E-state index in [0.717, 1.165) is 26.2 Å². The van der Waals surface area contributed by atoms with E-state index >= 15 is 0 Å². The van der Waals surface area contributed by atoms with Crippen molar-refractivity contribution in [3.63, 3.8) is 0 Å². The Labute approximate surface area is 115 Å². The van der Waals surface area contributed by atoms with Gasteiger partial charge >= 0.3 is 0 Å². The van der Waals surface area contributed by atoms with E-state index < -0.39 is 0 Å². The fraction of sp³-hybridized carbons (Fsp3) is 0.533. The number of carbonyl (C=O) groups is 1. The molecule has 0 aromatic heterocycles. The van der Waals surface area contributed by atoms with Crippen LogP contribution in [0, 0.1) is 6.92 Å². The third-order valence-corrected chi connectivity index (χ3v) is 3.69. The fourth-order valence-corrected chi connectivity index (χ4v) is 2.30. The summed E-state index contributed by atoms with van der Waals surface area (Å²) in [6, 6.07) is 8.54. The van der Waals surface area contributed by atoms with Crippen LogP contribution in [0.25, 0.3) is 0 Å². The van der Waals surface area contributed by atoms with Gasteiger partial charge in [0.2, 0.25) is 0 Å². The Morgan fingerprint density at radius 3 is 2.26 bits per heavy atom. The minimum Gasteiger partial charge on any atom is -0.372 e. The first kappa shape index (κ1) is 13.9. The summed E-state index contributed by atoms with van der Waals surface area (Å²) in [6.45, 7) is 7.18. The van der Waals surface area contributed by atoms with E-state index in [2.05, 4.69) is 36.1 Å². The molecule has 1 heterocycles. The zero-order valence-electron chi connectivity index (χ0n) is 11.9. The molecular formula is C15H22N2O2. The lowest BCUT2D eigenvalue weighted by atomic mass is 10.2. The van der Waals surface area contributed by atoms with E-state index in [1.54, 1.807) is 14.0 Å². The first-order valence-corrected chi connectivity index (χ1v) is 6.75. The largest absolute Gasteiger partial charge is 0.372 e. The molecule has 1 aromatic carbocycles. The van der Waals surface area contributed by atoms with Gasteiger partial charge in [0.1, 0.15) is 6.10 Å². The molecule has 104 valence electrons. The number of anilines is 1. The van der Waals surface area contributed by atoms with Crippen LogP contribution in [0.1, 0.15) is 12.5 Å². The molecule has 1 saturated heterocycles. The maximum Gasteiger partial charge on any atom is 0.251 e. The number of methoxy groups -OCH3 is 1. The molecule has 1 aliphatic heterocycles. The minimum absolute atomic E-state index is 0.0889. The predicted octanol–water partition coefficient (Wildman–Crippen LogP) is 1.68. The summed E-state index contributed by atoms with van der Waals surface area (Å²) in [4.78, 5) is 16.2. The van der Waals surface area contributed by atoms with Crippen LogP contribution in [0.3, 0.4) is 0 Å². The van der Waals surface area contributed by atoms with Gasteiger partial charge in [-0.05, 0) is 26.0 Å². The molecule has 1 aromatic rings. The van der Waals surface area contributed by atoms with Gasteiger partial charge in [0.05, 0.1) is 0 Å². The summed E-state index contributed by atoms with van der Waals surface area (Å²) in [6.07, 6.45) is -0.342. The molecule has 0 unspecified atom stereocenters. The molecule has 1 atom stereocenters. The number of ether oxygens (including phenoxy) is 1. The highest BCUT2D eigenvalue weighted by Gasteiger charge is 2.24. The number of nitrogens with zero attached hydrogens (tertiary/aromatic N) is 2. The van der Waals surface area contributed by atoms with Gasteiger partial charge in [-0.1, -0.05) is 17.7 Å². The van der Waals surface area contributed by atoms with Crippen molar-refractivity contribution in [3.8, 4) is 0 Å². The van der Waals surface area contributed by atoms with Crippen molar-refractivity contribution < 1.29 is 9.53 Å². The van der Waals surface area contributed by atoms with E-state index in [1.807, 2.05) is 4.90 Å². The summed E-state index contributed by atoms with van der Waals surface area (Å²) in [7, 11) is 1.57. The van der Waals surface area contributed by atoms with E-state index in [0.29, 0.717) is 0 Å². The first-order valence-electron chi connectivity index (χ1n) is 6.75. The SMILES string of the molecule is CO[C@H](C)C(=O)N1CCN(c2ccc(C)cc2)CC1. The van der Waals surface area contributed by atoms with Gasteiger partial charge < -0.3 is 14.5 Å². The minimum atomic E-state index is -0.342. The molecule has 0 aliphatic carbocycles. The van der Waals surface area contributed by atoms with Gasteiger partial charge in [-0.25, -0.2) is 0 Å². The Hall–Kier alpha value is -1.55. The molecule has 0 radical (unpaired) electrons. The highest BCUT2D eigenvalue weighted by Crippen LogP contribution is 2.17. The number of amides is 1. The van der Waals surface area contributed by atoms with Crippen molar-refractivity contribution in [3.05, 3.63) is 29.8 Å². The molecule has 2 rings (SSSR count). The fourth-order valence-electron chi connectivity index (χ4n) is 2.30. The summed E-state index contributed by atoms with van der Waals surface area (Å²) in [5, 5.41) is 0. The third-order valence-electron chi connectivity index (χ3n) is 3.69. The molecule has 19 heavy (non-hydrogen) atoms. The van der Waals surface area contributed by atoms with Crippen molar-refractivity contribution in [2.45, 2.75) is 20.0 Å². The number of rotatable bonds is 3. The van der Waals surface area contributed by atoms with Crippen LogP contribution in [0.4, 0.5) is 5.69 Å². The Bertz CT molecular complexity index is 422. The van der Waals surface area contributed by atoms with Crippen LogP contribution in [-0.4, -0.2) is 50.2 Å². The van der Waals surface area contributed by atoms with Crippen LogP contribution in [0.2, 0.25) is 0 Å². The normalized spacial score (nSPS) is 17.4. The topological polar surface area (TPSA) is 32.8 Å². The van der Waals surface area contributed by atoms with Gasteiger partial charge in [-0.2, -0.15) is 0 Å². The smallest absolute Gasteiger partial charge is 0.251 e. The molecule has 0 saturated carbocycles. The van der Waals surface area contributed by atoms with Crippen LogP contribution in [0.5, 0.6) is 0 Å². The van der Waals surface area contributed by atoms with Crippen molar-refractivity contribution in [2.75, 3.05) is 38.2 Å². The zero-order chi connectivity index (χ0) is 13.8. The van der Waals surface area contributed by atoms with Crippen LogP contribution in [0.15, 0.2) is 24.3 Å². The number of hydrogen-bond donors (Lipinski definition) is 0. The predicted molar refractivity (Wildman–Crippen MR) is 76.4 cm³/mol. The summed E-state index contributed by atoms with van der Waals surface area (Å²) in [5.74, 6) is 0.0889. The van der Waals surface area contributed by atoms with E-state index in [4.69, 9.17) is 4.74 Å². The highest BCUT2D eigenvalue weighted by molar-refractivity contribution is 5.80. The van der Waals surface area contributed by atoms with E-state index in [-0.39, 0.29) is 12.0 Å². The molecule has 0 N–H and O–H groups in total. The van der Waals surface area contributed by atoms with Gasteiger partial charge in [0.25, 0.3) is 5.91 Å². The quantitative estimate of drug-likeness (QED) is 0.831. The molecule has 0 bridgehead atoms. The van der Waals surface area contributed by atoms with Crippen molar-refractivity contribution in [1.82, 2.24) is 4.90 Å². The maximum atomic E-state index is 12.0. The lowest BCUT2D eigenvalue weighted by Crippen LogP contribution is -2.51. The van der Waals surface area contributed by atoms with Crippen LogP contribution >= 0.6 is 0 Å². The van der Waals surface area contributed by atoms with Crippen LogP contribution in [-0.2, 0) is 9.53 Å². The number of benzene rings is 1. The Balaban J connectivity index is 1.92. The second kappa shape index (κ2) is 6.06. The van der Waals surface area contributed by atoms with Gasteiger partial charge in [0, 0.05) is 39.0 Å². The lowest BCUT2D eigenvalue weighted by molar-refractivity contribution is -0.141. The van der Waals surface area contributed by atoms with Crippen LogP contribution < -0.4 is 4.90 Å². The molecule has 1 aliphatic rings. The van der Waals surface area contributed by atoms with Gasteiger partial charge in [0.15, 0.2) is 0 Å². The molecule has 0 spiro atoms. The second-order valence-corrected chi connectivity index (χ2v) is 5.03. The average molecular weight is 262 g/mol. The standard InChI is InChI=1S/C15H22N2O2/c1-12-4-6-14(7-5-12)16-8-10-17(11-9-16)15(18)13(2)19-3/h4-7,13H,8-11H2,1-3H3/t13-/m1/s1. The Kier molecular flexibility index (Phi) is 4.43. The number of hydrogen-bond acceptors (Lipinski definition) is 3. The van der Waals surface area contributed by atoms with Crippen molar-refractivity contribution in [1.29, 1.82) is 0 Å². The summed E-state index contributed by atoms with van der Waals surface area (Å²) in [5.41, 5.74) is 2.50. The first-order chi connectivity index (χ1) is 9.11. The second-order valence-electron chi connectivity index (χ2n) is 5.03. The Morgan fingerprint density at radius 1 is 1.16 bits per heavy atom. The number of carbonyl (C=O) groups excluding carboxylic acids is 1. The molecule has 1 fully saturated rings. The zero-order valence-corrected chi connectivity index (χ0v) is 11.9. The monoisotopic (exact) mass is 262 g/mol. The van der Waals surface area contributed by atoms with Gasteiger partial charge in [-0.3, -0.25) is 4.79 Å². The average Bonchev–Trinajstić information content (AvgIpc) is 2.46. The highest BCUT2D eigenvalue weighted by atomic mass is 16.5. The molecule has 4 heteroatoms. The third kappa shape index (κ3) is 3.26. The van der Waals surface area contributed by atoms with E-state index in [1.165, 1.54) is 11.3 Å². The van der Waals surface area contributed by atoms with E-state index in [9.17, 15) is 4.79 Å². The lowest BCUT2D eigenvalue weighted by Gasteiger charge is -2.37. The van der Waals surface area contributed by atoms with Gasteiger partial charge in [-0.15, -0.1) is 0 Å². The summed E-state index contributed by atoms with van der Waals surface area (Å²) >= 11 is 0. The number of piperazine rings is 1. The number of aryl methyl sites for hydroxylation is 1. The molecule has 4 nitrogen and oxygen atoms in total. The molecule has 1 amide bonds.